The summed E-state index contributed by atoms with van der Waals surface area (Å²) in [7, 11) is 1.65. The Balaban J connectivity index is 2.12. The van der Waals surface area contributed by atoms with Gasteiger partial charge in [0.2, 0.25) is 0 Å². The SMILES string of the molecule is COc1ccc([C@@H]2CNC[C@H]2C(=O)OC(C)(C)C)cc1. The van der Waals surface area contributed by atoms with Crippen LogP contribution in [0, 0.1) is 5.92 Å². The Morgan fingerprint density at radius 2 is 1.85 bits per heavy atom. The highest BCUT2D eigenvalue weighted by Crippen LogP contribution is 2.31. The average Bonchev–Trinajstić information content (AvgIpc) is 2.86. The summed E-state index contributed by atoms with van der Waals surface area (Å²) in [4.78, 5) is 12.3. The minimum absolute atomic E-state index is 0.122. The highest BCUT2D eigenvalue weighted by Gasteiger charge is 2.36. The van der Waals surface area contributed by atoms with E-state index < -0.39 is 5.60 Å². The van der Waals surface area contributed by atoms with Crippen molar-refractivity contribution in [3.05, 3.63) is 29.8 Å². The summed E-state index contributed by atoms with van der Waals surface area (Å²) in [5.41, 5.74) is 0.705. The van der Waals surface area contributed by atoms with Crippen molar-refractivity contribution >= 4 is 5.97 Å². The maximum absolute atomic E-state index is 12.3. The van der Waals surface area contributed by atoms with E-state index in [1.807, 2.05) is 45.0 Å². The number of nitrogens with one attached hydrogen (secondary N) is 1. The van der Waals surface area contributed by atoms with Gasteiger partial charge in [0.1, 0.15) is 11.4 Å². The molecule has 1 aliphatic rings. The molecular weight excluding hydrogens is 254 g/mol. The van der Waals surface area contributed by atoms with Crippen LogP contribution in [0.4, 0.5) is 0 Å². The molecule has 0 radical (unpaired) electrons. The largest absolute Gasteiger partial charge is 0.497 e. The molecular formula is C16H23NO3. The van der Waals surface area contributed by atoms with E-state index in [1.54, 1.807) is 7.11 Å². The van der Waals surface area contributed by atoms with Gasteiger partial charge in [-0.15, -0.1) is 0 Å². The molecule has 0 amide bonds. The third-order valence-electron chi connectivity index (χ3n) is 3.47. The van der Waals surface area contributed by atoms with Gasteiger partial charge in [0.25, 0.3) is 0 Å². The zero-order valence-electron chi connectivity index (χ0n) is 12.6. The van der Waals surface area contributed by atoms with Crippen LogP contribution in [-0.2, 0) is 9.53 Å². The Morgan fingerprint density at radius 1 is 1.20 bits per heavy atom. The number of hydrogen-bond acceptors (Lipinski definition) is 4. The highest BCUT2D eigenvalue weighted by molar-refractivity contribution is 5.75. The smallest absolute Gasteiger partial charge is 0.311 e. The molecule has 2 atom stereocenters. The minimum Gasteiger partial charge on any atom is -0.497 e. The fraction of sp³-hybridized carbons (Fsp3) is 0.562. The Labute approximate surface area is 120 Å². The summed E-state index contributed by atoms with van der Waals surface area (Å²) >= 11 is 0. The fourth-order valence-corrected chi connectivity index (χ4v) is 2.51. The second-order valence-electron chi connectivity index (χ2n) is 6.18. The molecule has 0 aromatic heterocycles. The van der Waals surface area contributed by atoms with Crippen LogP contribution in [0.25, 0.3) is 0 Å². The van der Waals surface area contributed by atoms with E-state index >= 15 is 0 Å². The van der Waals surface area contributed by atoms with Crippen molar-refractivity contribution < 1.29 is 14.3 Å². The van der Waals surface area contributed by atoms with E-state index in [2.05, 4.69) is 5.32 Å². The van der Waals surface area contributed by atoms with Gasteiger partial charge in [-0.2, -0.15) is 0 Å². The van der Waals surface area contributed by atoms with Crippen molar-refractivity contribution in [3.8, 4) is 5.75 Å². The van der Waals surface area contributed by atoms with Gasteiger partial charge >= 0.3 is 5.97 Å². The number of benzene rings is 1. The summed E-state index contributed by atoms with van der Waals surface area (Å²) in [6.45, 7) is 7.17. The first-order valence-corrected chi connectivity index (χ1v) is 6.98. The molecule has 1 fully saturated rings. The topological polar surface area (TPSA) is 47.6 Å². The third kappa shape index (κ3) is 3.51. The summed E-state index contributed by atoms with van der Waals surface area (Å²) in [6.07, 6.45) is 0. The fourth-order valence-electron chi connectivity index (χ4n) is 2.51. The number of rotatable bonds is 3. The first-order chi connectivity index (χ1) is 9.40. The number of ether oxygens (including phenoxy) is 2. The molecule has 20 heavy (non-hydrogen) atoms. The highest BCUT2D eigenvalue weighted by atomic mass is 16.6. The van der Waals surface area contributed by atoms with Crippen LogP contribution in [0.3, 0.4) is 0 Å². The van der Waals surface area contributed by atoms with E-state index in [-0.39, 0.29) is 17.8 Å². The Kier molecular flexibility index (Phi) is 4.33. The van der Waals surface area contributed by atoms with Crippen molar-refractivity contribution in [1.82, 2.24) is 5.32 Å². The van der Waals surface area contributed by atoms with Crippen molar-refractivity contribution in [1.29, 1.82) is 0 Å². The molecule has 1 heterocycles. The number of methoxy groups -OCH3 is 1. The first kappa shape index (κ1) is 14.9. The van der Waals surface area contributed by atoms with Gasteiger partial charge in [-0.1, -0.05) is 12.1 Å². The molecule has 0 bridgehead atoms. The molecule has 110 valence electrons. The zero-order chi connectivity index (χ0) is 14.8. The van der Waals surface area contributed by atoms with E-state index in [0.29, 0.717) is 6.54 Å². The van der Waals surface area contributed by atoms with Gasteiger partial charge in [0, 0.05) is 19.0 Å². The van der Waals surface area contributed by atoms with Crippen molar-refractivity contribution in [2.24, 2.45) is 5.92 Å². The Bertz CT molecular complexity index is 462. The molecule has 0 unspecified atom stereocenters. The van der Waals surface area contributed by atoms with Crippen molar-refractivity contribution in [2.45, 2.75) is 32.3 Å². The van der Waals surface area contributed by atoms with Gasteiger partial charge < -0.3 is 14.8 Å². The molecule has 2 rings (SSSR count). The molecule has 0 spiro atoms. The van der Waals surface area contributed by atoms with Crippen LogP contribution in [-0.4, -0.2) is 31.8 Å². The number of hydrogen-bond donors (Lipinski definition) is 1. The summed E-state index contributed by atoms with van der Waals surface area (Å²) in [5.74, 6) is 0.746. The van der Waals surface area contributed by atoms with Crippen LogP contribution in [0.2, 0.25) is 0 Å². The third-order valence-corrected chi connectivity index (χ3v) is 3.47. The predicted octanol–water partition coefficient (Wildman–Crippen LogP) is 2.34. The maximum Gasteiger partial charge on any atom is 0.311 e. The average molecular weight is 277 g/mol. The van der Waals surface area contributed by atoms with E-state index in [1.165, 1.54) is 0 Å². The molecule has 0 aliphatic carbocycles. The lowest BCUT2D eigenvalue weighted by atomic mass is 9.89. The Hall–Kier alpha value is -1.55. The number of esters is 1. The molecule has 1 aromatic rings. The summed E-state index contributed by atoms with van der Waals surface area (Å²) in [6, 6.07) is 7.90. The van der Waals surface area contributed by atoms with E-state index in [0.717, 1.165) is 17.9 Å². The quantitative estimate of drug-likeness (QED) is 0.862. The van der Waals surface area contributed by atoms with E-state index in [9.17, 15) is 4.79 Å². The maximum atomic E-state index is 12.3. The number of carbonyl (C=O) groups is 1. The summed E-state index contributed by atoms with van der Waals surface area (Å²) < 4.78 is 10.7. The van der Waals surface area contributed by atoms with E-state index in [4.69, 9.17) is 9.47 Å². The van der Waals surface area contributed by atoms with Crippen molar-refractivity contribution in [3.63, 3.8) is 0 Å². The van der Waals surface area contributed by atoms with Crippen LogP contribution >= 0.6 is 0 Å². The lowest BCUT2D eigenvalue weighted by Crippen LogP contribution is -2.31. The molecule has 1 N–H and O–H groups in total. The lowest BCUT2D eigenvalue weighted by Gasteiger charge is -2.24. The van der Waals surface area contributed by atoms with Gasteiger partial charge in [-0.05, 0) is 38.5 Å². The van der Waals surface area contributed by atoms with Gasteiger partial charge in [-0.25, -0.2) is 0 Å². The second-order valence-corrected chi connectivity index (χ2v) is 6.18. The predicted molar refractivity (Wildman–Crippen MR) is 77.9 cm³/mol. The number of carbonyl (C=O) groups excluding carboxylic acids is 1. The second kappa shape index (κ2) is 5.83. The molecule has 4 heteroatoms. The van der Waals surface area contributed by atoms with Gasteiger partial charge in [0.05, 0.1) is 13.0 Å². The molecule has 1 saturated heterocycles. The van der Waals surface area contributed by atoms with Crippen LogP contribution in [0.1, 0.15) is 32.3 Å². The minimum atomic E-state index is -0.440. The van der Waals surface area contributed by atoms with Crippen molar-refractivity contribution in [2.75, 3.05) is 20.2 Å². The van der Waals surface area contributed by atoms with Gasteiger partial charge in [0.15, 0.2) is 0 Å². The molecule has 1 aromatic carbocycles. The first-order valence-electron chi connectivity index (χ1n) is 6.98. The normalized spacial score (nSPS) is 22.6. The monoisotopic (exact) mass is 277 g/mol. The van der Waals surface area contributed by atoms with Crippen LogP contribution in [0.5, 0.6) is 5.75 Å². The van der Waals surface area contributed by atoms with Crippen LogP contribution < -0.4 is 10.1 Å². The zero-order valence-corrected chi connectivity index (χ0v) is 12.6. The molecule has 4 nitrogen and oxygen atoms in total. The van der Waals surface area contributed by atoms with Gasteiger partial charge in [-0.3, -0.25) is 4.79 Å². The van der Waals surface area contributed by atoms with Crippen LogP contribution in [0.15, 0.2) is 24.3 Å². The molecule has 1 aliphatic heterocycles. The molecule has 0 saturated carbocycles. The standard InChI is InChI=1S/C16H23NO3/c1-16(2,3)20-15(18)14-10-17-9-13(14)11-5-7-12(19-4)8-6-11/h5-8,13-14,17H,9-10H2,1-4H3/t13-,14+/m0/s1. The lowest BCUT2D eigenvalue weighted by molar-refractivity contribution is -0.159. The Morgan fingerprint density at radius 3 is 2.40 bits per heavy atom. The summed E-state index contributed by atoms with van der Waals surface area (Å²) in [5, 5.41) is 3.28.